The van der Waals surface area contributed by atoms with Crippen LogP contribution in [0.3, 0.4) is 0 Å². The van der Waals surface area contributed by atoms with E-state index in [0.29, 0.717) is 19.6 Å². The first-order valence-electron chi connectivity index (χ1n) is 7.35. The van der Waals surface area contributed by atoms with Crippen molar-refractivity contribution in [2.75, 3.05) is 26.2 Å². The Morgan fingerprint density at radius 2 is 2.00 bits per heavy atom. The van der Waals surface area contributed by atoms with E-state index in [-0.39, 0.29) is 0 Å². The summed E-state index contributed by atoms with van der Waals surface area (Å²) >= 11 is 0. The molecule has 2 N–H and O–H groups in total. The van der Waals surface area contributed by atoms with E-state index in [0.717, 1.165) is 37.1 Å². The lowest BCUT2D eigenvalue weighted by atomic mass is 10.0. The zero-order valence-electron chi connectivity index (χ0n) is 12.0. The van der Waals surface area contributed by atoms with Gasteiger partial charge in [-0.2, -0.15) is 17.4 Å². The second-order valence-electron chi connectivity index (χ2n) is 5.49. The van der Waals surface area contributed by atoms with Crippen molar-refractivity contribution in [1.82, 2.24) is 14.3 Å². The highest BCUT2D eigenvalue weighted by atomic mass is 32.2. The Balaban J connectivity index is 1.64. The topological polar surface area (TPSA) is 61.4 Å². The van der Waals surface area contributed by atoms with Crippen LogP contribution >= 0.6 is 0 Å². The van der Waals surface area contributed by atoms with Gasteiger partial charge in [0.25, 0.3) is 10.2 Å². The maximum Gasteiger partial charge on any atom is 0.280 e. The van der Waals surface area contributed by atoms with Gasteiger partial charge >= 0.3 is 0 Å². The van der Waals surface area contributed by atoms with Gasteiger partial charge in [-0.1, -0.05) is 35.9 Å². The Labute approximate surface area is 126 Å². The zero-order chi connectivity index (χ0) is 14.7. The van der Waals surface area contributed by atoms with Crippen LogP contribution in [0.1, 0.15) is 17.5 Å². The average Bonchev–Trinajstić information content (AvgIpc) is 2.53. The fourth-order valence-corrected chi connectivity index (χ4v) is 3.97. The number of hydrogen-bond acceptors (Lipinski definition) is 3. The van der Waals surface area contributed by atoms with Gasteiger partial charge in [-0.05, 0) is 30.5 Å². The minimum absolute atomic E-state index is 0.419. The van der Waals surface area contributed by atoms with E-state index in [4.69, 9.17) is 0 Å². The van der Waals surface area contributed by atoms with E-state index < -0.39 is 10.2 Å². The number of fused-ring (bicyclic) bond motifs is 1. The van der Waals surface area contributed by atoms with Gasteiger partial charge in [0.15, 0.2) is 0 Å². The molecule has 0 radical (unpaired) electrons. The van der Waals surface area contributed by atoms with E-state index in [2.05, 4.69) is 22.2 Å². The van der Waals surface area contributed by atoms with Gasteiger partial charge in [-0.3, -0.25) is 0 Å². The quantitative estimate of drug-likeness (QED) is 0.809. The van der Waals surface area contributed by atoms with Crippen LogP contribution in [0.4, 0.5) is 0 Å². The number of hydrogen-bond donors (Lipinski definition) is 2. The van der Waals surface area contributed by atoms with Crippen LogP contribution in [0.25, 0.3) is 0 Å². The molecular weight excluding hydrogens is 286 g/mol. The summed E-state index contributed by atoms with van der Waals surface area (Å²) in [6.07, 6.45) is 3.76. The molecule has 0 aromatic heterocycles. The third kappa shape index (κ3) is 3.52. The van der Waals surface area contributed by atoms with E-state index in [1.165, 1.54) is 9.87 Å². The molecule has 0 bridgehead atoms. The van der Waals surface area contributed by atoms with Crippen molar-refractivity contribution in [2.24, 2.45) is 0 Å². The van der Waals surface area contributed by atoms with Crippen molar-refractivity contribution in [3.63, 3.8) is 0 Å². The minimum atomic E-state index is -3.40. The van der Waals surface area contributed by atoms with Gasteiger partial charge in [-0.25, -0.2) is 0 Å². The molecule has 1 aromatic rings. The number of nitrogens with one attached hydrogen (secondary N) is 2. The summed E-state index contributed by atoms with van der Waals surface area (Å²) in [5.41, 5.74) is 3.52. The summed E-state index contributed by atoms with van der Waals surface area (Å²) in [5, 5.41) is 3.22. The second-order valence-corrected chi connectivity index (χ2v) is 7.25. The molecule has 0 saturated carbocycles. The molecule has 0 spiro atoms. The highest BCUT2D eigenvalue weighted by Crippen LogP contribution is 2.20. The largest absolute Gasteiger partial charge is 0.313 e. The molecular formula is C15H21N3O2S. The van der Waals surface area contributed by atoms with Crippen LogP contribution < -0.4 is 10.0 Å². The zero-order valence-corrected chi connectivity index (χ0v) is 12.8. The maximum atomic E-state index is 12.4. The number of nitrogens with zero attached hydrogens (tertiary/aromatic N) is 1. The molecule has 2 aliphatic heterocycles. The molecule has 0 aliphatic carbocycles. The smallest absolute Gasteiger partial charge is 0.280 e. The number of rotatable bonds is 4. The summed E-state index contributed by atoms with van der Waals surface area (Å²) in [7, 11) is -3.40. The molecule has 0 atom stereocenters. The summed E-state index contributed by atoms with van der Waals surface area (Å²) < 4.78 is 29.1. The predicted molar refractivity (Wildman–Crippen MR) is 83.0 cm³/mol. The average molecular weight is 307 g/mol. The van der Waals surface area contributed by atoms with E-state index >= 15 is 0 Å². The Morgan fingerprint density at radius 1 is 1.19 bits per heavy atom. The molecule has 0 saturated heterocycles. The molecule has 3 rings (SSSR count). The standard InChI is InChI=1S/C15H21N3O2S/c19-21(20,17-11-13-5-8-16-9-6-13)18-10-7-14-3-1-2-4-15(14)12-18/h1-5,16-17H,6-12H2. The molecule has 5 nitrogen and oxygen atoms in total. The summed E-state index contributed by atoms with van der Waals surface area (Å²) in [6.45, 7) is 3.18. The Kier molecular flexibility index (Phi) is 4.40. The second kappa shape index (κ2) is 6.27. The molecule has 0 unspecified atom stereocenters. The molecule has 114 valence electrons. The van der Waals surface area contributed by atoms with Crippen molar-refractivity contribution >= 4 is 10.2 Å². The van der Waals surface area contributed by atoms with Gasteiger partial charge in [0.1, 0.15) is 0 Å². The molecule has 21 heavy (non-hydrogen) atoms. The van der Waals surface area contributed by atoms with Gasteiger partial charge in [0.05, 0.1) is 0 Å². The Morgan fingerprint density at radius 3 is 2.76 bits per heavy atom. The molecule has 2 heterocycles. The maximum absolute atomic E-state index is 12.4. The monoisotopic (exact) mass is 307 g/mol. The van der Waals surface area contributed by atoms with Crippen molar-refractivity contribution in [3.8, 4) is 0 Å². The highest BCUT2D eigenvalue weighted by molar-refractivity contribution is 7.87. The van der Waals surface area contributed by atoms with Crippen LogP contribution in [0.5, 0.6) is 0 Å². The molecule has 1 aromatic carbocycles. The first-order chi connectivity index (χ1) is 10.1. The lowest BCUT2D eigenvalue weighted by molar-refractivity contribution is 0.385. The van der Waals surface area contributed by atoms with Crippen molar-refractivity contribution in [1.29, 1.82) is 0 Å². The molecule has 0 fully saturated rings. The molecule has 6 heteroatoms. The summed E-state index contributed by atoms with van der Waals surface area (Å²) in [5.74, 6) is 0. The van der Waals surface area contributed by atoms with Gasteiger partial charge in [0, 0.05) is 26.2 Å². The minimum Gasteiger partial charge on any atom is -0.313 e. The van der Waals surface area contributed by atoms with E-state index in [1.54, 1.807) is 0 Å². The first kappa shape index (κ1) is 14.7. The molecule has 0 amide bonds. The third-order valence-electron chi connectivity index (χ3n) is 4.08. The highest BCUT2D eigenvalue weighted by Gasteiger charge is 2.26. The van der Waals surface area contributed by atoms with Crippen LogP contribution in [-0.4, -0.2) is 38.9 Å². The fraction of sp³-hybridized carbons (Fsp3) is 0.467. The first-order valence-corrected chi connectivity index (χ1v) is 8.79. The summed E-state index contributed by atoms with van der Waals surface area (Å²) in [4.78, 5) is 0. The lowest BCUT2D eigenvalue weighted by Gasteiger charge is -2.28. The van der Waals surface area contributed by atoms with Gasteiger partial charge < -0.3 is 5.32 Å². The van der Waals surface area contributed by atoms with Crippen molar-refractivity contribution in [2.45, 2.75) is 19.4 Å². The fourth-order valence-electron chi connectivity index (χ4n) is 2.78. The summed E-state index contributed by atoms with van der Waals surface area (Å²) in [6, 6.07) is 8.05. The van der Waals surface area contributed by atoms with Gasteiger partial charge in [0.2, 0.25) is 0 Å². The van der Waals surface area contributed by atoms with Crippen molar-refractivity contribution < 1.29 is 8.42 Å². The van der Waals surface area contributed by atoms with Crippen LogP contribution in [0, 0.1) is 0 Å². The van der Waals surface area contributed by atoms with Crippen LogP contribution in [0.15, 0.2) is 35.9 Å². The normalized spacial score (nSPS) is 19.9. The Hall–Kier alpha value is -1.21. The van der Waals surface area contributed by atoms with Crippen LogP contribution in [-0.2, 0) is 23.2 Å². The predicted octanol–water partition coefficient (Wildman–Crippen LogP) is 0.799. The van der Waals surface area contributed by atoms with E-state index in [9.17, 15) is 8.42 Å². The van der Waals surface area contributed by atoms with Gasteiger partial charge in [-0.15, -0.1) is 0 Å². The van der Waals surface area contributed by atoms with E-state index in [1.807, 2.05) is 18.2 Å². The Bertz CT molecular complexity index is 640. The van der Waals surface area contributed by atoms with Crippen LogP contribution in [0.2, 0.25) is 0 Å². The number of benzene rings is 1. The van der Waals surface area contributed by atoms with Crippen molar-refractivity contribution in [3.05, 3.63) is 47.0 Å². The lowest BCUT2D eigenvalue weighted by Crippen LogP contribution is -2.44. The SMILES string of the molecule is O=S(=O)(NCC1=CCNCC1)N1CCc2ccccc2C1. The third-order valence-corrected chi connectivity index (χ3v) is 5.58. The molecule has 2 aliphatic rings.